The highest BCUT2D eigenvalue weighted by atomic mass is 15.0. The van der Waals surface area contributed by atoms with Crippen LogP contribution in [0.1, 0.15) is 59.6 Å². The number of nitrogens with zero attached hydrogens (tertiary/aromatic N) is 1. The molecule has 0 atom stereocenters. The molecule has 3 rings (SSSR count). The number of rotatable bonds is 6. The van der Waals surface area contributed by atoms with Gasteiger partial charge in [0.15, 0.2) is 0 Å². The number of hydrogen-bond acceptors (Lipinski definition) is 3. The Kier molecular flexibility index (Phi) is 6.54. The second-order valence-corrected chi connectivity index (χ2v) is 9.89. The summed E-state index contributed by atoms with van der Waals surface area (Å²) in [5, 5.41) is 7.13. The van der Waals surface area contributed by atoms with Gasteiger partial charge in [-0.2, -0.15) is 0 Å². The lowest BCUT2D eigenvalue weighted by molar-refractivity contribution is 0.590. The molecule has 0 aliphatic rings. The van der Waals surface area contributed by atoms with Crippen LogP contribution in [0.2, 0.25) is 0 Å². The van der Waals surface area contributed by atoms with Crippen LogP contribution in [0.5, 0.6) is 0 Å². The first-order valence-electron chi connectivity index (χ1n) is 10.9. The van der Waals surface area contributed by atoms with E-state index in [2.05, 4.69) is 123 Å². The SMILES string of the molecule is CC(C)=Nc1ccc(C(C)(C)Nc2ccc(Nc3ccc(C(C)(C)C)cc3)cc2)cc1. The van der Waals surface area contributed by atoms with Gasteiger partial charge < -0.3 is 10.6 Å². The van der Waals surface area contributed by atoms with Gasteiger partial charge in [-0.1, -0.05) is 45.0 Å². The Morgan fingerprint density at radius 2 is 1.06 bits per heavy atom. The molecule has 0 aromatic heterocycles. The van der Waals surface area contributed by atoms with Crippen molar-refractivity contribution in [2.45, 2.75) is 59.4 Å². The molecule has 0 unspecified atom stereocenters. The predicted molar refractivity (Wildman–Crippen MR) is 136 cm³/mol. The molecule has 0 bridgehead atoms. The molecule has 0 aliphatic carbocycles. The monoisotopic (exact) mass is 413 g/mol. The van der Waals surface area contributed by atoms with E-state index in [-0.39, 0.29) is 11.0 Å². The molecular formula is C28H35N3. The molecule has 3 heteroatoms. The Balaban J connectivity index is 1.66. The molecule has 3 nitrogen and oxygen atoms in total. The van der Waals surface area contributed by atoms with E-state index in [1.807, 2.05) is 13.8 Å². The second kappa shape index (κ2) is 8.97. The van der Waals surface area contributed by atoms with Gasteiger partial charge in [0.1, 0.15) is 0 Å². The second-order valence-electron chi connectivity index (χ2n) is 9.89. The molecule has 0 heterocycles. The van der Waals surface area contributed by atoms with Gasteiger partial charge in [0.2, 0.25) is 0 Å². The van der Waals surface area contributed by atoms with Gasteiger partial charge in [-0.25, -0.2) is 0 Å². The average molecular weight is 414 g/mol. The number of anilines is 3. The van der Waals surface area contributed by atoms with E-state index in [9.17, 15) is 0 Å². The van der Waals surface area contributed by atoms with Gasteiger partial charge in [-0.3, -0.25) is 4.99 Å². The van der Waals surface area contributed by atoms with E-state index in [0.717, 1.165) is 28.5 Å². The summed E-state index contributed by atoms with van der Waals surface area (Å²) in [7, 11) is 0. The zero-order valence-corrected chi connectivity index (χ0v) is 19.9. The van der Waals surface area contributed by atoms with Gasteiger partial charge in [0.25, 0.3) is 0 Å². The highest BCUT2D eigenvalue weighted by Crippen LogP contribution is 2.29. The summed E-state index contributed by atoms with van der Waals surface area (Å²) in [5.41, 5.74) is 7.84. The van der Waals surface area contributed by atoms with Crippen LogP contribution < -0.4 is 10.6 Å². The zero-order chi connectivity index (χ0) is 22.6. The van der Waals surface area contributed by atoms with Gasteiger partial charge in [-0.15, -0.1) is 0 Å². The number of hydrogen-bond donors (Lipinski definition) is 2. The predicted octanol–water partition coefficient (Wildman–Crippen LogP) is 8.19. The minimum Gasteiger partial charge on any atom is -0.376 e. The minimum atomic E-state index is -0.193. The molecule has 0 saturated carbocycles. The van der Waals surface area contributed by atoms with Crippen molar-refractivity contribution in [2.24, 2.45) is 4.99 Å². The van der Waals surface area contributed by atoms with Crippen LogP contribution in [0.25, 0.3) is 0 Å². The van der Waals surface area contributed by atoms with Crippen LogP contribution in [0.15, 0.2) is 77.8 Å². The Labute approximate surface area is 187 Å². The standard InChI is InChI=1S/C28H35N3/c1-20(2)29-23-14-10-22(11-15-23)28(6,7)31-26-18-16-25(17-19-26)30-24-12-8-21(9-13-24)27(3,4)5/h8-19,30-31H,1-7H3. The van der Waals surface area contributed by atoms with Crippen LogP contribution >= 0.6 is 0 Å². The maximum atomic E-state index is 4.52. The summed E-state index contributed by atoms with van der Waals surface area (Å²) in [6.45, 7) is 15.1. The third kappa shape index (κ3) is 6.21. The molecule has 0 spiro atoms. The third-order valence-electron chi connectivity index (χ3n) is 5.32. The smallest absolute Gasteiger partial charge is 0.0628 e. The first kappa shape index (κ1) is 22.6. The molecule has 0 saturated heterocycles. The number of aliphatic imine (C=N–C) groups is 1. The van der Waals surface area contributed by atoms with Crippen molar-refractivity contribution in [2.75, 3.05) is 10.6 Å². The van der Waals surface area contributed by atoms with Crippen molar-refractivity contribution in [1.82, 2.24) is 0 Å². The van der Waals surface area contributed by atoms with Crippen molar-refractivity contribution >= 4 is 28.5 Å². The van der Waals surface area contributed by atoms with Gasteiger partial charge in [0.05, 0.1) is 11.2 Å². The van der Waals surface area contributed by atoms with Gasteiger partial charge in [-0.05, 0) is 92.8 Å². The lowest BCUT2D eigenvalue weighted by Gasteiger charge is -2.28. The van der Waals surface area contributed by atoms with Crippen LogP contribution in [-0.4, -0.2) is 5.71 Å². The van der Waals surface area contributed by atoms with Crippen LogP contribution in [-0.2, 0) is 11.0 Å². The summed E-state index contributed by atoms with van der Waals surface area (Å²) in [5.74, 6) is 0. The molecule has 31 heavy (non-hydrogen) atoms. The fraction of sp³-hybridized carbons (Fsp3) is 0.321. The first-order valence-corrected chi connectivity index (χ1v) is 10.9. The quantitative estimate of drug-likeness (QED) is 0.400. The zero-order valence-electron chi connectivity index (χ0n) is 19.9. The van der Waals surface area contributed by atoms with E-state index in [1.54, 1.807) is 0 Å². The van der Waals surface area contributed by atoms with Crippen molar-refractivity contribution in [3.05, 3.63) is 83.9 Å². The number of nitrogens with one attached hydrogen (secondary N) is 2. The maximum Gasteiger partial charge on any atom is 0.0628 e. The van der Waals surface area contributed by atoms with Crippen molar-refractivity contribution in [3.63, 3.8) is 0 Å². The van der Waals surface area contributed by atoms with Crippen molar-refractivity contribution < 1.29 is 0 Å². The lowest BCUT2D eigenvalue weighted by atomic mass is 9.87. The van der Waals surface area contributed by atoms with Gasteiger partial charge >= 0.3 is 0 Å². The van der Waals surface area contributed by atoms with E-state index in [1.165, 1.54) is 11.1 Å². The Morgan fingerprint density at radius 1 is 0.613 bits per heavy atom. The van der Waals surface area contributed by atoms with Crippen LogP contribution in [0.3, 0.4) is 0 Å². The Bertz CT molecular complexity index is 1020. The van der Waals surface area contributed by atoms with Crippen molar-refractivity contribution in [1.29, 1.82) is 0 Å². The summed E-state index contributed by atoms with van der Waals surface area (Å²) in [6, 6.07) is 25.6. The van der Waals surface area contributed by atoms with Gasteiger partial charge in [0, 0.05) is 22.8 Å². The Morgan fingerprint density at radius 3 is 1.55 bits per heavy atom. The molecule has 0 aliphatic heterocycles. The fourth-order valence-corrected chi connectivity index (χ4v) is 3.50. The lowest BCUT2D eigenvalue weighted by Crippen LogP contribution is -2.27. The fourth-order valence-electron chi connectivity index (χ4n) is 3.50. The summed E-state index contributed by atoms with van der Waals surface area (Å²) in [4.78, 5) is 4.52. The molecule has 162 valence electrons. The highest BCUT2D eigenvalue weighted by molar-refractivity contribution is 5.82. The average Bonchev–Trinajstić information content (AvgIpc) is 2.69. The largest absolute Gasteiger partial charge is 0.376 e. The van der Waals surface area contributed by atoms with Crippen LogP contribution in [0.4, 0.5) is 22.7 Å². The molecule has 2 N–H and O–H groups in total. The molecule has 0 fully saturated rings. The number of benzene rings is 3. The molecule has 0 amide bonds. The van der Waals surface area contributed by atoms with Crippen LogP contribution in [0, 0.1) is 0 Å². The Hall–Kier alpha value is -3.07. The van der Waals surface area contributed by atoms with E-state index < -0.39 is 0 Å². The third-order valence-corrected chi connectivity index (χ3v) is 5.32. The maximum absolute atomic E-state index is 4.52. The molecular weight excluding hydrogens is 378 g/mol. The topological polar surface area (TPSA) is 36.4 Å². The summed E-state index contributed by atoms with van der Waals surface area (Å²) >= 11 is 0. The van der Waals surface area contributed by atoms with E-state index >= 15 is 0 Å². The highest BCUT2D eigenvalue weighted by Gasteiger charge is 2.20. The minimum absolute atomic E-state index is 0.168. The molecule has 3 aromatic rings. The molecule has 3 aromatic carbocycles. The first-order chi connectivity index (χ1) is 14.5. The van der Waals surface area contributed by atoms with E-state index in [0.29, 0.717) is 0 Å². The normalized spacial score (nSPS) is 11.7. The van der Waals surface area contributed by atoms with Crippen molar-refractivity contribution in [3.8, 4) is 0 Å². The van der Waals surface area contributed by atoms with E-state index in [4.69, 9.17) is 0 Å². The summed E-state index contributed by atoms with van der Waals surface area (Å²) in [6.07, 6.45) is 0. The molecule has 0 radical (unpaired) electrons. The summed E-state index contributed by atoms with van der Waals surface area (Å²) < 4.78 is 0.